The maximum absolute atomic E-state index is 12.7. The van der Waals surface area contributed by atoms with Crippen LogP contribution >= 0.6 is 0 Å². The largest absolute Gasteiger partial charge is 0.416 e. The Labute approximate surface area is 115 Å². The summed E-state index contributed by atoms with van der Waals surface area (Å²) in [5.41, 5.74) is 0.600. The highest BCUT2D eigenvalue weighted by Crippen LogP contribution is 2.32. The van der Waals surface area contributed by atoms with E-state index in [0.29, 0.717) is 12.2 Å². The van der Waals surface area contributed by atoms with Crippen molar-refractivity contribution in [2.45, 2.75) is 33.1 Å². The van der Waals surface area contributed by atoms with Gasteiger partial charge in [-0.3, -0.25) is 0 Å². The minimum absolute atomic E-state index is 0.392. The molecule has 0 saturated carbocycles. The highest BCUT2D eigenvalue weighted by atomic mass is 19.4. The van der Waals surface area contributed by atoms with Crippen LogP contribution in [-0.4, -0.2) is 9.55 Å². The van der Waals surface area contributed by atoms with Crippen LogP contribution in [0.4, 0.5) is 18.9 Å². The van der Waals surface area contributed by atoms with Crippen LogP contribution in [0.15, 0.2) is 30.6 Å². The molecule has 6 heteroatoms. The number of alkyl halides is 3. The molecule has 1 N–H and O–H groups in total. The van der Waals surface area contributed by atoms with Gasteiger partial charge >= 0.3 is 6.18 Å². The van der Waals surface area contributed by atoms with E-state index in [-0.39, 0.29) is 0 Å². The molecule has 108 valence electrons. The normalized spacial score (nSPS) is 11.7. The van der Waals surface area contributed by atoms with E-state index in [4.69, 9.17) is 0 Å². The Morgan fingerprint density at radius 3 is 2.70 bits per heavy atom. The minimum Gasteiger partial charge on any atom is -0.378 e. The zero-order chi connectivity index (χ0) is 14.8. The second-order valence-electron chi connectivity index (χ2n) is 4.51. The SMILES string of the molecule is CCn1ccnc1CNc1cc(C(F)(F)F)ccc1C. The van der Waals surface area contributed by atoms with Gasteiger partial charge in [0.25, 0.3) is 0 Å². The lowest BCUT2D eigenvalue weighted by molar-refractivity contribution is -0.137. The molecule has 0 radical (unpaired) electrons. The molecule has 1 heterocycles. The van der Waals surface area contributed by atoms with Gasteiger partial charge in [-0.25, -0.2) is 4.98 Å². The van der Waals surface area contributed by atoms with E-state index < -0.39 is 11.7 Å². The number of nitrogens with one attached hydrogen (secondary N) is 1. The number of halogens is 3. The third-order valence-electron chi connectivity index (χ3n) is 3.14. The van der Waals surface area contributed by atoms with Crippen molar-refractivity contribution >= 4 is 5.69 Å². The predicted octanol–water partition coefficient (Wildman–Crippen LogP) is 3.84. The second-order valence-corrected chi connectivity index (χ2v) is 4.51. The Bertz CT molecular complexity index is 588. The lowest BCUT2D eigenvalue weighted by Crippen LogP contribution is -2.10. The van der Waals surface area contributed by atoms with E-state index in [1.54, 1.807) is 13.1 Å². The first-order valence-corrected chi connectivity index (χ1v) is 6.33. The number of rotatable bonds is 4. The van der Waals surface area contributed by atoms with Gasteiger partial charge in [-0.1, -0.05) is 6.07 Å². The molecule has 20 heavy (non-hydrogen) atoms. The number of hydrogen-bond donors (Lipinski definition) is 1. The topological polar surface area (TPSA) is 29.9 Å². The fourth-order valence-corrected chi connectivity index (χ4v) is 1.96. The first-order valence-electron chi connectivity index (χ1n) is 6.33. The molecule has 0 spiro atoms. The van der Waals surface area contributed by atoms with Gasteiger partial charge in [0.2, 0.25) is 0 Å². The Kier molecular flexibility index (Phi) is 4.01. The van der Waals surface area contributed by atoms with Crippen molar-refractivity contribution < 1.29 is 13.2 Å². The number of aromatic nitrogens is 2. The Balaban J connectivity index is 2.17. The molecular weight excluding hydrogens is 267 g/mol. The van der Waals surface area contributed by atoms with E-state index in [2.05, 4.69) is 10.3 Å². The van der Waals surface area contributed by atoms with E-state index in [0.717, 1.165) is 30.1 Å². The lowest BCUT2D eigenvalue weighted by Gasteiger charge is -2.13. The molecule has 3 nitrogen and oxygen atoms in total. The van der Waals surface area contributed by atoms with Gasteiger partial charge in [0.15, 0.2) is 0 Å². The molecule has 0 bridgehead atoms. The molecule has 0 fully saturated rings. The monoisotopic (exact) mass is 283 g/mol. The van der Waals surface area contributed by atoms with E-state index in [1.165, 1.54) is 6.07 Å². The van der Waals surface area contributed by atoms with Crippen LogP contribution in [0.1, 0.15) is 23.9 Å². The molecule has 2 rings (SSSR count). The van der Waals surface area contributed by atoms with Crippen molar-refractivity contribution in [3.63, 3.8) is 0 Å². The minimum atomic E-state index is -4.33. The quantitative estimate of drug-likeness (QED) is 0.923. The fourth-order valence-electron chi connectivity index (χ4n) is 1.96. The van der Waals surface area contributed by atoms with Crippen LogP contribution in [0.5, 0.6) is 0 Å². The number of imidazole rings is 1. The van der Waals surface area contributed by atoms with Crippen molar-refractivity contribution in [1.82, 2.24) is 9.55 Å². The van der Waals surface area contributed by atoms with Crippen LogP contribution in [0, 0.1) is 6.92 Å². The predicted molar refractivity (Wildman–Crippen MR) is 71.4 cm³/mol. The molecule has 0 saturated heterocycles. The number of anilines is 1. The lowest BCUT2D eigenvalue weighted by atomic mass is 10.1. The van der Waals surface area contributed by atoms with E-state index in [9.17, 15) is 13.2 Å². The van der Waals surface area contributed by atoms with Crippen molar-refractivity contribution in [2.24, 2.45) is 0 Å². The summed E-state index contributed by atoms with van der Waals surface area (Å²) in [4.78, 5) is 4.18. The Hall–Kier alpha value is -1.98. The summed E-state index contributed by atoms with van der Waals surface area (Å²) in [5.74, 6) is 0.796. The zero-order valence-electron chi connectivity index (χ0n) is 11.3. The first kappa shape index (κ1) is 14.4. The zero-order valence-corrected chi connectivity index (χ0v) is 11.3. The highest BCUT2D eigenvalue weighted by molar-refractivity contribution is 5.53. The number of hydrogen-bond acceptors (Lipinski definition) is 2. The summed E-state index contributed by atoms with van der Waals surface area (Å²) in [5, 5.41) is 3.02. The van der Waals surface area contributed by atoms with Gasteiger partial charge < -0.3 is 9.88 Å². The highest BCUT2D eigenvalue weighted by Gasteiger charge is 2.30. The van der Waals surface area contributed by atoms with Crippen LogP contribution in [0.2, 0.25) is 0 Å². The van der Waals surface area contributed by atoms with Crippen LogP contribution in [0.3, 0.4) is 0 Å². The Morgan fingerprint density at radius 1 is 1.30 bits per heavy atom. The molecule has 0 aliphatic carbocycles. The summed E-state index contributed by atoms with van der Waals surface area (Å²) < 4.78 is 40.0. The van der Waals surface area contributed by atoms with Crippen molar-refractivity contribution in [3.8, 4) is 0 Å². The molecule has 0 aliphatic heterocycles. The van der Waals surface area contributed by atoms with E-state index in [1.807, 2.05) is 17.7 Å². The molecule has 0 unspecified atom stereocenters. The van der Waals surface area contributed by atoms with Gasteiger partial charge in [0.1, 0.15) is 5.82 Å². The average Bonchev–Trinajstić information content (AvgIpc) is 2.83. The molecule has 1 aromatic carbocycles. The summed E-state index contributed by atoms with van der Waals surface area (Å²) in [6, 6.07) is 3.69. The first-order chi connectivity index (χ1) is 9.41. The van der Waals surface area contributed by atoms with Crippen LogP contribution < -0.4 is 5.32 Å². The molecule has 0 atom stereocenters. The van der Waals surface area contributed by atoms with Gasteiger partial charge in [-0.2, -0.15) is 13.2 Å². The standard InChI is InChI=1S/C14H16F3N3/c1-3-20-7-6-18-13(20)9-19-12-8-11(14(15,16)17)5-4-10(12)2/h4-8,19H,3,9H2,1-2H3. The summed E-state index contributed by atoms with van der Waals surface area (Å²) >= 11 is 0. The van der Waals surface area contributed by atoms with Gasteiger partial charge in [-0.15, -0.1) is 0 Å². The molecule has 0 aliphatic rings. The maximum Gasteiger partial charge on any atom is 0.416 e. The molecule has 0 amide bonds. The summed E-state index contributed by atoms with van der Waals surface area (Å²) in [7, 11) is 0. The van der Waals surface area contributed by atoms with Crippen molar-refractivity contribution in [3.05, 3.63) is 47.5 Å². The smallest absolute Gasteiger partial charge is 0.378 e. The average molecular weight is 283 g/mol. The fraction of sp³-hybridized carbons (Fsp3) is 0.357. The second kappa shape index (κ2) is 5.56. The van der Waals surface area contributed by atoms with Gasteiger partial charge in [0, 0.05) is 24.6 Å². The summed E-state index contributed by atoms with van der Waals surface area (Å²) in [6.45, 7) is 4.93. The molecular formula is C14H16F3N3. The Morgan fingerprint density at radius 2 is 2.05 bits per heavy atom. The van der Waals surface area contributed by atoms with Crippen LogP contribution in [-0.2, 0) is 19.3 Å². The van der Waals surface area contributed by atoms with Crippen LogP contribution in [0.25, 0.3) is 0 Å². The maximum atomic E-state index is 12.7. The van der Waals surface area contributed by atoms with Gasteiger partial charge in [-0.05, 0) is 31.5 Å². The number of benzene rings is 1. The summed E-state index contributed by atoms with van der Waals surface area (Å²) in [6.07, 6.45) is -0.804. The molecule has 1 aromatic heterocycles. The van der Waals surface area contributed by atoms with Crippen molar-refractivity contribution in [2.75, 3.05) is 5.32 Å². The number of aryl methyl sites for hydroxylation is 2. The number of nitrogens with zero attached hydrogens (tertiary/aromatic N) is 2. The third-order valence-corrected chi connectivity index (χ3v) is 3.14. The molecule has 2 aromatic rings. The van der Waals surface area contributed by atoms with Crippen molar-refractivity contribution in [1.29, 1.82) is 0 Å². The van der Waals surface area contributed by atoms with E-state index >= 15 is 0 Å². The third kappa shape index (κ3) is 3.12. The van der Waals surface area contributed by atoms with Gasteiger partial charge in [0.05, 0.1) is 12.1 Å².